The van der Waals surface area contributed by atoms with Crippen LogP contribution in [0.2, 0.25) is 0 Å². The Hall–Kier alpha value is -2.62. The fourth-order valence-electron chi connectivity index (χ4n) is 1.73. The molecule has 0 fully saturated rings. The zero-order chi connectivity index (χ0) is 15.8. The summed E-state index contributed by atoms with van der Waals surface area (Å²) in [5, 5.41) is 19.8. The van der Waals surface area contributed by atoms with E-state index in [2.05, 4.69) is 4.74 Å². The van der Waals surface area contributed by atoms with Crippen LogP contribution in [0, 0.1) is 21.4 Å². The van der Waals surface area contributed by atoms with Gasteiger partial charge in [0.2, 0.25) is 0 Å². The number of nitro groups is 1. The van der Waals surface area contributed by atoms with Crippen molar-refractivity contribution in [1.82, 2.24) is 0 Å². The van der Waals surface area contributed by atoms with Crippen molar-refractivity contribution in [1.29, 1.82) is 5.26 Å². The van der Waals surface area contributed by atoms with Crippen molar-refractivity contribution >= 4 is 11.7 Å². The van der Waals surface area contributed by atoms with Crippen LogP contribution >= 0.6 is 0 Å². The molecule has 1 rings (SSSR count). The van der Waals surface area contributed by atoms with Crippen LogP contribution < -0.4 is 4.74 Å². The molecule has 0 N–H and O–H groups in total. The first kappa shape index (κ1) is 16.4. The van der Waals surface area contributed by atoms with E-state index in [9.17, 15) is 14.9 Å². The summed E-state index contributed by atoms with van der Waals surface area (Å²) in [5.41, 5.74) is -0.198. The Kier molecular flexibility index (Phi) is 6.14. The second-order valence-corrected chi connectivity index (χ2v) is 4.32. The Balaban J connectivity index is 3.05. The number of rotatable bonds is 7. The molecule has 0 aromatic heterocycles. The Labute approximate surface area is 122 Å². The number of nitrogens with zero attached hydrogens (tertiary/aromatic N) is 2. The molecule has 7 nitrogen and oxygen atoms in total. The standard InChI is InChI=1S/C14H16N2O5/c1-3-4-5-13(14(17)20-2)21-12-7-6-10(9-15)8-11(12)16(18)19/h6-8,13H,3-5H2,1-2H3. The van der Waals surface area contributed by atoms with Gasteiger partial charge < -0.3 is 9.47 Å². The molecule has 0 aliphatic rings. The molecule has 0 saturated heterocycles. The Bertz CT molecular complexity index is 565. The van der Waals surface area contributed by atoms with Crippen LogP contribution in [-0.2, 0) is 9.53 Å². The molecule has 1 aromatic rings. The first-order chi connectivity index (χ1) is 10.0. The maximum absolute atomic E-state index is 11.7. The lowest BCUT2D eigenvalue weighted by molar-refractivity contribution is -0.386. The number of nitriles is 1. The van der Waals surface area contributed by atoms with Crippen LogP contribution in [0.5, 0.6) is 5.75 Å². The van der Waals surface area contributed by atoms with E-state index < -0.39 is 17.0 Å². The molecule has 0 heterocycles. The van der Waals surface area contributed by atoms with E-state index >= 15 is 0 Å². The van der Waals surface area contributed by atoms with Gasteiger partial charge in [0.15, 0.2) is 11.9 Å². The summed E-state index contributed by atoms with van der Waals surface area (Å²) in [6, 6.07) is 5.65. The van der Waals surface area contributed by atoms with Crippen LogP contribution in [0.4, 0.5) is 5.69 Å². The summed E-state index contributed by atoms with van der Waals surface area (Å²) >= 11 is 0. The molecule has 1 atom stereocenters. The third kappa shape index (κ3) is 4.45. The van der Waals surface area contributed by atoms with E-state index in [1.807, 2.05) is 13.0 Å². The average Bonchev–Trinajstić information content (AvgIpc) is 2.50. The van der Waals surface area contributed by atoms with E-state index in [1.165, 1.54) is 19.2 Å². The zero-order valence-corrected chi connectivity index (χ0v) is 11.9. The number of nitro benzene ring substituents is 1. The van der Waals surface area contributed by atoms with E-state index in [0.29, 0.717) is 6.42 Å². The minimum absolute atomic E-state index is 0.0505. The molecule has 1 aromatic carbocycles. The Morgan fingerprint density at radius 3 is 2.76 bits per heavy atom. The van der Waals surface area contributed by atoms with Gasteiger partial charge in [0, 0.05) is 6.07 Å². The molecule has 0 amide bonds. The van der Waals surface area contributed by atoms with Gasteiger partial charge in [-0.3, -0.25) is 10.1 Å². The molecule has 0 radical (unpaired) electrons. The van der Waals surface area contributed by atoms with Gasteiger partial charge in [-0.2, -0.15) is 5.26 Å². The van der Waals surface area contributed by atoms with Crippen LogP contribution in [0.15, 0.2) is 18.2 Å². The second-order valence-electron chi connectivity index (χ2n) is 4.32. The number of methoxy groups -OCH3 is 1. The summed E-state index contributed by atoms with van der Waals surface area (Å²) < 4.78 is 10.1. The lowest BCUT2D eigenvalue weighted by Gasteiger charge is -2.16. The van der Waals surface area contributed by atoms with Crippen molar-refractivity contribution < 1.29 is 19.2 Å². The van der Waals surface area contributed by atoms with Gasteiger partial charge in [0.05, 0.1) is 23.7 Å². The molecule has 0 spiro atoms. The number of esters is 1. The Morgan fingerprint density at radius 1 is 1.52 bits per heavy atom. The van der Waals surface area contributed by atoms with Crippen LogP contribution in [-0.4, -0.2) is 24.1 Å². The van der Waals surface area contributed by atoms with Crippen LogP contribution in [0.3, 0.4) is 0 Å². The van der Waals surface area contributed by atoms with Crippen LogP contribution in [0.1, 0.15) is 31.7 Å². The number of carbonyl (C=O) groups excluding carboxylic acids is 1. The number of benzene rings is 1. The maximum atomic E-state index is 11.7. The summed E-state index contributed by atoms with van der Waals surface area (Å²) in [7, 11) is 1.23. The normalized spacial score (nSPS) is 11.3. The molecule has 0 aliphatic carbocycles. The quantitative estimate of drug-likeness (QED) is 0.434. The number of hydrogen-bond acceptors (Lipinski definition) is 6. The van der Waals surface area contributed by atoms with E-state index in [1.54, 1.807) is 0 Å². The van der Waals surface area contributed by atoms with Crippen molar-refractivity contribution in [3.63, 3.8) is 0 Å². The molecule has 0 saturated carbocycles. The molecule has 0 aliphatic heterocycles. The monoisotopic (exact) mass is 292 g/mol. The second kappa shape index (κ2) is 7.85. The van der Waals surface area contributed by atoms with E-state index in [0.717, 1.165) is 18.9 Å². The zero-order valence-electron chi connectivity index (χ0n) is 11.9. The molecular formula is C14H16N2O5. The lowest BCUT2D eigenvalue weighted by atomic mass is 10.1. The fraction of sp³-hybridized carbons (Fsp3) is 0.429. The molecule has 112 valence electrons. The smallest absolute Gasteiger partial charge is 0.347 e. The van der Waals surface area contributed by atoms with Crippen molar-refractivity contribution in [3.8, 4) is 11.8 Å². The van der Waals surface area contributed by atoms with Crippen molar-refractivity contribution in [2.24, 2.45) is 0 Å². The third-order valence-corrected chi connectivity index (χ3v) is 2.84. The van der Waals surface area contributed by atoms with E-state index in [-0.39, 0.29) is 17.0 Å². The van der Waals surface area contributed by atoms with Crippen molar-refractivity contribution in [3.05, 3.63) is 33.9 Å². The molecule has 1 unspecified atom stereocenters. The van der Waals surface area contributed by atoms with E-state index in [4.69, 9.17) is 10.00 Å². The van der Waals surface area contributed by atoms with Gasteiger partial charge in [0.1, 0.15) is 0 Å². The molecule has 21 heavy (non-hydrogen) atoms. The first-order valence-electron chi connectivity index (χ1n) is 6.46. The van der Waals surface area contributed by atoms with Gasteiger partial charge in [-0.1, -0.05) is 13.3 Å². The average molecular weight is 292 g/mol. The van der Waals surface area contributed by atoms with Gasteiger partial charge >= 0.3 is 11.7 Å². The predicted molar refractivity (Wildman–Crippen MR) is 73.8 cm³/mol. The highest BCUT2D eigenvalue weighted by Gasteiger charge is 2.25. The number of ether oxygens (including phenoxy) is 2. The first-order valence-corrected chi connectivity index (χ1v) is 6.46. The van der Waals surface area contributed by atoms with Gasteiger partial charge in [-0.15, -0.1) is 0 Å². The van der Waals surface area contributed by atoms with Gasteiger partial charge in [-0.25, -0.2) is 4.79 Å². The highest BCUT2D eigenvalue weighted by molar-refractivity contribution is 5.75. The van der Waals surface area contributed by atoms with Crippen LogP contribution in [0.25, 0.3) is 0 Å². The van der Waals surface area contributed by atoms with Gasteiger partial charge in [-0.05, 0) is 25.0 Å². The number of hydrogen-bond donors (Lipinski definition) is 0. The molecule has 0 bridgehead atoms. The highest BCUT2D eigenvalue weighted by atomic mass is 16.6. The summed E-state index contributed by atoms with van der Waals surface area (Å²) in [6.07, 6.45) is 1.08. The minimum atomic E-state index is -0.901. The number of unbranched alkanes of at least 4 members (excludes halogenated alkanes) is 1. The highest BCUT2D eigenvalue weighted by Crippen LogP contribution is 2.29. The SMILES string of the molecule is CCCCC(Oc1ccc(C#N)cc1[N+](=O)[O-])C(=O)OC. The lowest BCUT2D eigenvalue weighted by Crippen LogP contribution is -2.28. The number of carbonyl (C=O) groups is 1. The molecule has 7 heteroatoms. The maximum Gasteiger partial charge on any atom is 0.347 e. The summed E-state index contributed by atoms with van der Waals surface area (Å²) in [5.74, 6) is -0.632. The fourth-order valence-corrected chi connectivity index (χ4v) is 1.73. The minimum Gasteiger partial charge on any atom is -0.472 e. The molecular weight excluding hydrogens is 276 g/mol. The summed E-state index contributed by atoms with van der Waals surface area (Å²) in [6.45, 7) is 1.96. The third-order valence-electron chi connectivity index (χ3n) is 2.84. The largest absolute Gasteiger partial charge is 0.472 e. The topological polar surface area (TPSA) is 102 Å². The van der Waals surface area contributed by atoms with Crippen molar-refractivity contribution in [2.45, 2.75) is 32.3 Å². The van der Waals surface area contributed by atoms with Crippen molar-refractivity contribution in [2.75, 3.05) is 7.11 Å². The van der Waals surface area contributed by atoms with Gasteiger partial charge in [0.25, 0.3) is 0 Å². The Morgan fingerprint density at radius 2 is 2.24 bits per heavy atom. The predicted octanol–water partition coefficient (Wildman–Crippen LogP) is 2.58. The summed E-state index contributed by atoms with van der Waals surface area (Å²) in [4.78, 5) is 22.0.